The molecule has 0 saturated heterocycles. The first-order chi connectivity index (χ1) is 10.3. The first-order valence-corrected chi connectivity index (χ1v) is 7.17. The van der Waals surface area contributed by atoms with E-state index in [4.69, 9.17) is 4.74 Å². The Kier molecular flexibility index (Phi) is 4.12. The molecule has 1 N–H and O–H groups in total. The summed E-state index contributed by atoms with van der Waals surface area (Å²) < 4.78 is 6.62. The fraction of sp³-hybridized carbons (Fsp3) is 0. The van der Waals surface area contributed by atoms with E-state index in [1.807, 2.05) is 54.6 Å². The van der Waals surface area contributed by atoms with Crippen LogP contribution in [0, 0.1) is 0 Å². The van der Waals surface area contributed by atoms with Gasteiger partial charge in [-0.1, -0.05) is 30.3 Å². The third-order valence-corrected chi connectivity index (χ3v) is 3.19. The third-order valence-electron chi connectivity index (χ3n) is 2.75. The average Bonchev–Trinajstić information content (AvgIpc) is 2.50. The van der Waals surface area contributed by atoms with Gasteiger partial charge in [0, 0.05) is 6.07 Å². The average molecular weight is 342 g/mol. The van der Waals surface area contributed by atoms with Crippen molar-refractivity contribution < 1.29 is 4.74 Å². The van der Waals surface area contributed by atoms with Gasteiger partial charge in [0.05, 0.1) is 5.69 Å². The standard InChI is InChI=1S/C16H12BrN3O/c17-15-10-16(19-11-18-15)20-13-8-4-5-9-14(13)21-12-6-2-1-3-7-12/h1-11H,(H,18,19,20). The molecule has 0 atom stereocenters. The van der Waals surface area contributed by atoms with Crippen LogP contribution in [-0.2, 0) is 0 Å². The Morgan fingerprint density at radius 1 is 0.905 bits per heavy atom. The third kappa shape index (κ3) is 3.58. The van der Waals surface area contributed by atoms with Gasteiger partial charge in [-0.15, -0.1) is 0 Å². The van der Waals surface area contributed by atoms with E-state index in [2.05, 4.69) is 31.2 Å². The van der Waals surface area contributed by atoms with Gasteiger partial charge in [0.15, 0.2) is 5.75 Å². The molecule has 2 aromatic carbocycles. The van der Waals surface area contributed by atoms with E-state index in [1.165, 1.54) is 6.33 Å². The Bertz CT molecular complexity index is 734. The molecule has 0 radical (unpaired) electrons. The number of hydrogen-bond acceptors (Lipinski definition) is 4. The lowest BCUT2D eigenvalue weighted by Gasteiger charge is -2.12. The van der Waals surface area contributed by atoms with Crippen molar-refractivity contribution in [2.75, 3.05) is 5.32 Å². The van der Waals surface area contributed by atoms with Crippen molar-refractivity contribution in [3.63, 3.8) is 0 Å². The van der Waals surface area contributed by atoms with Gasteiger partial charge in [-0.25, -0.2) is 9.97 Å². The Balaban J connectivity index is 1.86. The highest BCUT2D eigenvalue weighted by atomic mass is 79.9. The molecule has 4 nitrogen and oxygen atoms in total. The lowest BCUT2D eigenvalue weighted by atomic mass is 10.3. The fourth-order valence-corrected chi connectivity index (χ4v) is 2.12. The quantitative estimate of drug-likeness (QED) is 0.694. The molecule has 3 rings (SSSR count). The summed E-state index contributed by atoms with van der Waals surface area (Å²) in [6.07, 6.45) is 1.49. The maximum Gasteiger partial charge on any atom is 0.150 e. The number of ether oxygens (including phenoxy) is 1. The van der Waals surface area contributed by atoms with Gasteiger partial charge in [-0.2, -0.15) is 0 Å². The van der Waals surface area contributed by atoms with Crippen LogP contribution in [0.5, 0.6) is 11.5 Å². The second kappa shape index (κ2) is 6.37. The van der Waals surface area contributed by atoms with E-state index in [0.717, 1.165) is 21.8 Å². The van der Waals surface area contributed by atoms with Crippen molar-refractivity contribution in [1.29, 1.82) is 0 Å². The van der Waals surface area contributed by atoms with Gasteiger partial charge in [-0.05, 0) is 40.2 Å². The Labute approximate surface area is 131 Å². The number of aromatic nitrogens is 2. The summed E-state index contributed by atoms with van der Waals surface area (Å²) in [7, 11) is 0. The second-order valence-electron chi connectivity index (χ2n) is 4.26. The van der Waals surface area contributed by atoms with Crippen LogP contribution >= 0.6 is 15.9 Å². The summed E-state index contributed by atoms with van der Waals surface area (Å²) >= 11 is 3.33. The second-order valence-corrected chi connectivity index (χ2v) is 5.07. The molecule has 1 aromatic heterocycles. The SMILES string of the molecule is Brc1cc(Nc2ccccc2Oc2ccccc2)ncn1. The first-order valence-electron chi connectivity index (χ1n) is 6.38. The molecule has 0 unspecified atom stereocenters. The highest BCUT2D eigenvalue weighted by Gasteiger charge is 2.05. The van der Waals surface area contributed by atoms with Gasteiger partial charge in [-0.3, -0.25) is 0 Å². The molecule has 1 heterocycles. The zero-order chi connectivity index (χ0) is 14.5. The molecular weight excluding hydrogens is 330 g/mol. The van der Waals surface area contributed by atoms with E-state index in [1.54, 1.807) is 6.07 Å². The lowest BCUT2D eigenvalue weighted by molar-refractivity contribution is 0.485. The normalized spacial score (nSPS) is 10.1. The predicted molar refractivity (Wildman–Crippen MR) is 86.0 cm³/mol. The van der Waals surface area contributed by atoms with Gasteiger partial charge >= 0.3 is 0 Å². The van der Waals surface area contributed by atoms with E-state index >= 15 is 0 Å². The van der Waals surface area contributed by atoms with Crippen LogP contribution < -0.4 is 10.1 Å². The summed E-state index contributed by atoms with van der Waals surface area (Å²) in [6, 6.07) is 19.2. The Morgan fingerprint density at radius 2 is 1.67 bits per heavy atom. The molecule has 0 fully saturated rings. The summed E-state index contributed by atoms with van der Waals surface area (Å²) in [5.41, 5.74) is 0.840. The number of benzene rings is 2. The van der Waals surface area contributed by atoms with Crippen LogP contribution in [0.2, 0.25) is 0 Å². The molecule has 0 amide bonds. The van der Waals surface area contributed by atoms with Gasteiger partial charge in [0.2, 0.25) is 0 Å². The van der Waals surface area contributed by atoms with Crippen LogP contribution in [-0.4, -0.2) is 9.97 Å². The molecular formula is C16H12BrN3O. The van der Waals surface area contributed by atoms with Crippen molar-refractivity contribution in [2.24, 2.45) is 0 Å². The number of hydrogen-bond donors (Lipinski definition) is 1. The molecule has 5 heteroatoms. The molecule has 21 heavy (non-hydrogen) atoms. The van der Waals surface area contributed by atoms with Crippen molar-refractivity contribution in [3.05, 3.63) is 71.6 Å². The number of halogens is 1. The highest BCUT2D eigenvalue weighted by molar-refractivity contribution is 9.10. The zero-order valence-corrected chi connectivity index (χ0v) is 12.6. The minimum Gasteiger partial charge on any atom is -0.455 e. The van der Waals surface area contributed by atoms with E-state index in [-0.39, 0.29) is 0 Å². The van der Waals surface area contributed by atoms with Crippen LogP contribution in [0.25, 0.3) is 0 Å². The van der Waals surface area contributed by atoms with Crippen molar-refractivity contribution in [2.45, 2.75) is 0 Å². The smallest absolute Gasteiger partial charge is 0.150 e. The summed E-state index contributed by atoms with van der Waals surface area (Å²) in [6.45, 7) is 0. The topological polar surface area (TPSA) is 47.0 Å². The molecule has 0 spiro atoms. The number of para-hydroxylation sites is 3. The summed E-state index contributed by atoms with van der Waals surface area (Å²) in [4.78, 5) is 8.18. The summed E-state index contributed by atoms with van der Waals surface area (Å²) in [5, 5.41) is 3.23. The molecule has 0 aliphatic carbocycles. The zero-order valence-electron chi connectivity index (χ0n) is 11.0. The van der Waals surface area contributed by atoms with E-state index in [9.17, 15) is 0 Å². The van der Waals surface area contributed by atoms with Crippen molar-refractivity contribution >= 4 is 27.4 Å². The van der Waals surface area contributed by atoms with Crippen LogP contribution in [0.3, 0.4) is 0 Å². The van der Waals surface area contributed by atoms with Crippen LogP contribution in [0.1, 0.15) is 0 Å². The predicted octanol–water partition coefficient (Wildman–Crippen LogP) is 4.78. The molecule has 104 valence electrons. The minimum atomic E-state index is 0.695. The van der Waals surface area contributed by atoms with Crippen LogP contribution in [0.4, 0.5) is 11.5 Å². The van der Waals surface area contributed by atoms with Gasteiger partial charge in [0.25, 0.3) is 0 Å². The fourth-order valence-electron chi connectivity index (χ4n) is 1.81. The highest BCUT2D eigenvalue weighted by Crippen LogP contribution is 2.31. The van der Waals surface area contributed by atoms with Crippen LogP contribution in [0.15, 0.2) is 71.6 Å². The number of nitrogens with one attached hydrogen (secondary N) is 1. The number of rotatable bonds is 4. The maximum atomic E-state index is 5.89. The molecule has 0 saturated carbocycles. The van der Waals surface area contributed by atoms with Crippen molar-refractivity contribution in [3.8, 4) is 11.5 Å². The van der Waals surface area contributed by atoms with E-state index in [0.29, 0.717) is 5.82 Å². The largest absolute Gasteiger partial charge is 0.455 e. The molecule has 3 aromatic rings. The van der Waals surface area contributed by atoms with E-state index < -0.39 is 0 Å². The number of anilines is 2. The van der Waals surface area contributed by atoms with Gasteiger partial charge < -0.3 is 10.1 Å². The lowest BCUT2D eigenvalue weighted by Crippen LogP contribution is -1.96. The minimum absolute atomic E-state index is 0.695. The molecule has 0 aliphatic rings. The monoisotopic (exact) mass is 341 g/mol. The summed E-state index contributed by atoms with van der Waals surface area (Å²) in [5.74, 6) is 2.22. The Hall–Kier alpha value is -2.40. The van der Waals surface area contributed by atoms with Crippen molar-refractivity contribution in [1.82, 2.24) is 9.97 Å². The molecule has 0 bridgehead atoms. The molecule has 0 aliphatic heterocycles. The van der Waals surface area contributed by atoms with Gasteiger partial charge in [0.1, 0.15) is 22.5 Å². The maximum absolute atomic E-state index is 5.89. The first kappa shape index (κ1) is 13.6. The number of nitrogens with zero attached hydrogens (tertiary/aromatic N) is 2. The Morgan fingerprint density at radius 3 is 2.48 bits per heavy atom.